The number of hydrazine groups is 1. The van der Waals surface area contributed by atoms with Crippen molar-refractivity contribution in [3.05, 3.63) is 48.0 Å². The fourth-order valence-corrected chi connectivity index (χ4v) is 2.12. The summed E-state index contributed by atoms with van der Waals surface area (Å²) < 4.78 is 7.13. The first kappa shape index (κ1) is 13.6. The maximum atomic E-state index is 5.63. The van der Waals surface area contributed by atoms with Crippen LogP contribution in [-0.2, 0) is 13.5 Å². The van der Waals surface area contributed by atoms with E-state index in [9.17, 15) is 0 Å². The van der Waals surface area contributed by atoms with Crippen LogP contribution in [0.15, 0.2) is 36.8 Å². The summed E-state index contributed by atoms with van der Waals surface area (Å²) in [6.07, 6.45) is 5.50. The Morgan fingerprint density at radius 2 is 2.11 bits per heavy atom. The largest absolute Gasteiger partial charge is 0.497 e. The van der Waals surface area contributed by atoms with Gasteiger partial charge in [0.2, 0.25) is 0 Å². The summed E-state index contributed by atoms with van der Waals surface area (Å²) >= 11 is 0. The fraction of sp³-hybridized carbons (Fsp3) is 0.357. The molecule has 102 valence electrons. The van der Waals surface area contributed by atoms with E-state index in [0.717, 1.165) is 24.3 Å². The molecular formula is C14H20N4O. The van der Waals surface area contributed by atoms with Crippen molar-refractivity contribution in [2.24, 2.45) is 12.9 Å². The van der Waals surface area contributed by atoms with Gasteiger partial charge in [-0.15, -0.1) is 0 Å². The maximum absolute atomic E-state index is 5.63. The molecule has 2 aromatic rings. The number of nitrogens with two attached hydrogens (primary N) is 1. The lowest BCUT2D eigenvalue weighted by Gasteiger charge is -2.16. The van der Waals surface area contributed by atoms with Crippen LogP contribution < -0.4 is 16.0 Å². The van der Waals surface area contributed by atoms with Crippen LogP contribution in [0.4, 0.5) is 0 Å². The molecule has 0 aliphatic rings. The highest BCUT2D eigenvalue weighted by Crippen LogP contribution is 2.19. The number of nitrogens with zero attached hydrogens (tertiary/aromatic N) is 2. The number of aromatic nitrogens is 2. The molecule has 0 spiro atoms. The van der Waals surface area contributed by atoms with Crippen molar-refractivity contribution in [1.82, 2.24) is 15.0 Å². The molecule has 1 atom stereocenters. The zero-order chi connectivity index (χ0) is 13.7. The lowest BCUT2D eigenvalue weighted by Crippen LogP contribution is -2.29. The minimum absolute atomic E-state index is 0.106. The Labute approximate surface area is 113 Å². The van der Waals surface area contributed by atoms with Crippen LogP contribution in [0.5, 0.6) is 5.75 Å². The zero-order valence-corrected chi connectivity index (χ0v) is 11.3. The molecule has 19 heavy (non-hydrogen) atoms. The van der Waals surface area contributed by atoms with Gasteiger partial charge in [-0.3, -0.25) is 11.3 Å². The Kier molecular flexibility index (Phi) is 4.54. The van der Waals surface area contributed by atoms with E-state index < -0.39 is 0 Å². The second kappa shape index (κ2) is 6.36. The van der Waals surface area contributed by atoms with E-state index in [1.54, 1.807) is 13.4 Å². The van der Waals surface area contributed by atoms with E-state index in [0.29, 0.717) is 0 Å². The second-order valence-electron chi connectivity index (χ2n) is 4.54. The Morgan fingerprint density at radius 3 is 2.63 bits per heavy atom. The number of benzene rings is 1. The van der Waals surface area contributed by atoms with E-state index in [1.807, 2.05) is 29.9 Å². The quantitative estimate of drug-likeness (QED) is 0.611. The van der Waals surface area contributed by atoms with Crippen LogP contribution in [0.25, 0.3) is 0 Å². The van der Waals surface area contributed by atoms with E-state index in [1.165, 1.54) is 5.56 Å². The highest BCUT2D eigenvalue weighted by atomic mass is 16.5. The van der Waals surface area contributed by atoms with Crippen molar-refractivity contribution in [3.63, 3.8) is 0 Å². The van der Waals surface area contributed by atoms with Gasteiger partial charge < -0.3 is 9.30 Å². The van der Waals surface area contributed by atoms with Gasteiger partial charge in [0.15, 0.2) is 0 Å². The third kappa shape index (κ3) is 3.33. The third-order valence-corrected chi connectivity index (χ3v) is 3.29. The van der Waals surface area contributed by atoms with Gasteiger partial charge in [-0.1, -0.05) is 12.1 Å². The third-order valence-electron chi connectivity index (χ3n) is 3.29. The van der Waals surface area contributed by atoms with Gasteiger partial charge in [-0.25, -0.2) is 4.98 Å². The molecule has 1 unspecified atom stereocenters. The molecule has 3 N–H and O–H groups in total. The fourth-order valence-electron chi connectivity index (χ4n) is 2.12. The molecule has 0 amide bonds. The lowest BCUT2D eigenvalue weighted by molar-refractivity contribution is 0.414. The topological polar surface area (TPSA) is 65.1 Å². The van der Waals surface area contributed by atoms with Crippen LogP contribution in [0.1, 0.15) is 23.7 Å². The van der Waals surface area contributed by atoms with Crippen molar-refractivity contribution < 1.29 is 4.74 Å². The zero-order valence-electron chi connectivity index (χ0n) is 11.3. The first-order valence-electron chi connectivity index (χ1n) is 6.30. The Hall–Kier alpha value is -1.85. The van der Waals surface area contributed by atoms with Crippen LogP contribution in [0.2, 0.25) is 0 Å². The number of hydrogen-bond acceptors (Lipinski definition) is 4. The molecule has 1 aromatic carbocycles. The summed E-state index contributed by atoms with van der Waals surface area (Å²) in [5.74, 6) is 6.51. The van der Waals surface area contributed by atoms with Gasteiger partial charge in [-0.05, 0) is 30.5 Å². The molecule has 0 aliphatic heterocycles. The van der Waals surface area contributed by atoms with E-state index in [4.69, 9.17) is 10.6 Å². The summed E-state index contributed by atoms with van der Waals surface area (Å²) in [5.41, 5.74) is 5.21. The summed E-state index contributed by atoms with van der Waals surface area (Å²) in [7, 11) is 3.64. The van der Waals surface area contributed by atoms with Crippen LogP contribution in [0.3, 0.4) is 0 Å². The number of ether oxygens (including phenoxy) is 1. The predicted octanol–water partition coefficient (Wildman–Crippen LogP) is 1.57. The second-order valence-corrected chi connectivity index (χ2v) is 4.54. The number of methoxy groups -OCH3 is 1. The van der Waals surface area contributed by atoms with Gasteiger partial charge in [-0.2, -0.15) is 0 Å². The number of nitrogens with one attached hydrogen (secondary N) is 1. The Balaban J connectivity index is 1.98. The minimum atomic E-state index is 0.106. The summed E-state index contributed by atoms with van der Waals surface area (Å²) in [5, 5.41) is 0. The molecule has 0 aliphatic carbocycles. The van der Waals surface area contributed by atoms with Crippen molar-refractivity contribution in [2.45, 2.75) is 18.9 Å². The van der Waals surface area contributed by atoms with Gasteiger partial charge >= 0.3 is 0 Å². The van der Waals surface area contributed by atoms with Crippen LogP contribution in [0, 0.1) is 0 Å². The summed E-state index contributed by atoms with van der Waals surface area (Å²) in [6, 6.07) is 8.22. The Morgan fingerprint density at radius 1 is 1.37 bits per heavy atom. The minimum Gasteiger partial charge on any atom is -0.497 e. The predicted molar refractivity (Wildman–Crippen MR) is 74.6 cm³/mol. The van der Waals surface area contributed by atoms with Crippen molar-refractivity contribution in [3.8, 4) is 5.75 Å². The molecule has 2 rings (SSSR count). The van der Waals surface area contributed by atoms with Gasteiger partial charge in [0.25, 0.3) is 0 Å². The number of aryl methyl sites for hydroxylation is 2. The molecule has 0 radical (unpaired) electrons. The summed E-state index contributed by atoms with van der Waals surface area (Å²) in [4.78, 5) is 4.12. The van der Waals surface area contributed by atoms with Crippen LogP contribution in [-0.4, -0.2) is 16.7 Å². The maximum Gasteiger partial charge on any atom is 0.118 e. The monoisotopic (exact) mass is 260 g/mol. The van der Waals surface area contributed by atoms with Crippen molar-refractivity contribution >= 4 is 0 Å². The molecule has 1 aromatic heterocycles. The van der Waals surface area contributed by atoms with Crippen LogP contribution >= 0.6 is 0 Å². The molecule has 0 saturated heterocycles. The van der Waals surface area contributed by atoms with E-state index in [-0.39, 0.29) is 6.04 Å². The first-order chi connectivity index (χ1) is 9.24. The smallest absolute Gasteiger partial charge is 0.118 e. The average Bonchev–Trinajstić information content (AvgIpc) is 2.87. The normalized spacial score (nSPS) is 12.4. The number of hydrogen-bond donors (Lipinski definition) is 2. The molecule has 5 heteroatoms. The number of imidazole rings is 1. The molecule has 5 nitrogen and oxygen atoms in total. The standard InChI is InChI=1S/C14H20N4O/c1-18-10-16-9-14(18)13(17-15)8-5-11-3-6-12(19-2)7-4-11/h3-4,6-7,9-10,13,17H,5,8,15H2,1-2H3. The molecular weight excluding hydrogens is 240 g/mol. The molecule has 1 heterocycles. The first-order valence-corrected chi connectivity index (χ1v) is 6.30. The molecule has 0 fully saturated rings. The SMILES string of the molecule is COc1ccc(CCC(NN)c2cncn2C)cc1. The highest BCUT2D eigenvalue weighted by Gasteiger charge is 2.13. The van der Waals surface area contributed by atoms with Gasteiger partial charge in [0.1, 0.15) is 5.75 Å². The van der Waals surface area contributed by atoms with Gasteiger partial charge in [0.05, 0.1) is 25.2 Å². The van der Waals surface area contributed by atoms with E-state index >= 15 is 0 Å². The van der Waals surface area contributed by atoms with Crippen molar-refractivity contribution in [2.75, 3.05) is 7.11 Å². The van der Waals surface area contributed by atoms with Crippen molar-refractivity contribution in [1.29, 1.82) is 0 Å². The summed E-state index contributed by atoms with van der Waals surface area (Å²) in [6.45, 7) is 0. The van der Waals surface area contributed by atoms with Gasteiger partial charge in [0, 0.05) is 13.2 Å². The Bertz CT molecular complexity index is 506. The van der Waals surface area contributed by atoms with E-state index in [2.05, 4.69) is 22.5 Å². The highest BCUT2D eigenvalue weighted by molar-refractivity contribution is 5.27. The average molecular weight is 260 g/mol. The number of rotatable bonds is 6. The lowest BCUT2D eigenvalue weighted by atomic mass is 10.0. The molecule has 0 bridgehead atoms. The molecule has 0 saturated carbocycles.